The Morgan fingerprint density at radius 1 is 1.06 bits per heavy atom. The third-order valence-electron chi connectivity index (χ3n) is 4.24. The third-order valence-corrected chi connectivity index (χ3v) is 6.10. The van der Waals surface area contributed by atoms with Crippen LogP contribution in [0.15, 0.2) is 53.7 Å². The van der Waals surface area contributed by atoms with Crippen LogP contribution in [0.1, 0.15) is 6.92 Å². The van der Waals surface area contributed by atoms with Crippen molar-refractivity contribution in [1.82, 2.24) is 25.0 Å². The Balaban J connectivity index is 1.41. The van der Waals surface area contributed by atoms with Crippen molar-refractivity contribution in [2.24, 2.45) is 0 Å². The minimum absolute atomic E-state index is 0.0703. The largest absolute Gasteiger partial charge is 0.302 e. The Morgan fingerprint density at radius 2 is 1.84 bits per heavy atom. The lowest BCUT2D eigenvalue weighted by Crippen LogP contribution is -2.14. The van der Waals surface area contributed by atoms with Crippen molar-refractivity contribution in [3.63, 3.8) is 0 Å². The van der Waals surface area contributed by atoms with Gasteiger partial charge in [-0.15, -0.1) is 20.4 Å². The van der Waals surface area contributed by atoms with Gasteiger partial charge in [-0.3, -0.25) is 10.1 Å². The minimum atomic E-state index is -0.382. The van der Waals surface area contributed by atoms with Gasteiger partial charge < -0.3 is 4.57 Å². The minimum Gasteiger partial charge on any atom is -0.302 e. The summed E-state index contributed by atoms with van der Waals surface area (Å²) in [6, 6.07) is 12.2. The molecular formula is C20H16F2N6OS2. The average molecular weight is 459 g/mol. The third kappa shape index (κ3) is 4.78. The number of aromatic nitrogens is 5. The molecule has 0 spiro atoms. The van der Waals surface area contributed by atoms with E-state index in [2.05, 4.69) is 25.7 Å². The highest BCUT2D eigenvalue weighted by molar-refractivity contribution is 7.99. The van der Waals surface area contributed by atoms with Crippen molar-refractivity contribution < 1.29 is 13.6 Å². The van der Waals surface area contributed by atoms with E-state index < -0.39 is 0 Å². The zero-order chi connectivity index (χ0) is 21.8. The molecule has 0 aliphatic rings. The Labute approximate surface area is 184 Å². The summed E-state index contributed by atoms with van der Waals surface area (Å²) in [5.74, 6) is -0.522. The van der Waals surface area contributed by atoms with Crippen molar-refractivity contribution in [1.29, 1.82) is 0 Å². The second-order valence-electron chi connectivity index (χ2n) is 6.29. The van der Waals surface area contributed by atoms with Crippen LogP contribution < -0.4 is 5.32 Å². The van der Waals surface area contributed by atoms with Crippen molar-refractivity contribution in [3.05, 3.63) is 60.2 Å². The maximum absolute atomic E-state index is 14.1. The first-order valence-electron chi connectivity index (χ1n) is 9.25. The molecule has 7 nitrogen and oxygen atoms in total. The zero-order valence-electron chi connectivity index (χ0n) is 16.2. The van der Waals surface area contributed by atoms with E-state index in [1.807, 2.05) is 6.92 Å². The second-order valence-corrected chi connectivity index (χ2v) is 8.21. The summed E-state index contributed by atoms with van der Waals surface area (Å²) >= 11 is 2.39. The molecule has 0 saturated heterocycles. The highest BCUT2D eigenvalue weighted by Gasteiger charge is 2.17. The summed E-state index contributed by atoms with van der Waals surface area (Å²) in [5, 5.41) is 20.3. The molecule has 0 bridgehead atoms. The number of halogens is 2. The predicted molar refractivity (Wildman–Crippen MR) is 116 cm³/mol. The van der Waals surface area contributed by atoms with Crippen molar-refractivity contribution in [3.8, 4) is 22.0 Å². The number of nitrogens with one attached hydrogen (secondary N) is 1. The highest BCUT2D eigenvalue weighted by atomic mass is 32.2. The lowest BCUT2D eigenvalue weighted by Gasteiger charge is -2.07. The van der Waals surface area contributed by atoms with Gasteiger partial charge in [-0.25, -0.2) is 8.78 Å². The van der Waals surface area contributed by atoms with Crippen LogP contribution >= 0.6 is 23.1 Å². The molecule has 4 aromatic rings. The van der Waals surface area contributed by atoms with E-state index in [0.29, 0.717) is 38.8 Å². The number of nitrogens with zero attached hydrogens (tertiary/aromatic N) is 5. The standard InChI is InChI=1S/C20H16F2N6OS2/c1-2-28-17(14-5-3-4-6-15(14)22)24-27-20(28)30-11-16(29)23-19-26-25-18(31-19)12-7-9-13(21)10-8-12/h3-10H,2,11H2,1H3,(H,23,26,29). The number of thioether (sulfide) groups is 1. The number of benzene rings is 2. The summed E-state index contributed by atoms with van der Waals surface area (Å²) < 4.78 is 28.9. The molecular weight excluding hydrogens is 442 g/mol. The molecule has 4 rings (SSSR count). The summed E-state index contributed by atoms with van der Waals surface area (Å²) in [7, 11) is 0. The van der Waals surface area contributed by atoms with Gasteiger partial charge in [0.15, 0.2) is 11.0 Å². The van der Waals surface area contributed by atoms with Crippen LogP contribution in [-0.2, 0) is 11.3 Å². The van der Waals surface area contributed by atoms with E-state index in [0.717, 1.165) is 0 Å². The number of anilines is 1. The summed E-state index contributed by atoms with van der Waals surface area (Å²) in [6.45, 7) is 2.42. The second kappa shape index (κ2) is 9.31. The Bertz CT molecular complexity index is 1210. The normalized spacial score (nSPS) is 10.9. The van der Waals surface area contributed by atoms with Gasteiger partial charge in [0.2, 0.25) is 11.0 Å². The molecule has 2 heterocycles. The molecule has 2 aromatic carbocycles. The molecule has 2 aromatic heterocycles. The first-order chi connectivity index (χ1) is 15.0. The van der Waals surface area contributed by atoms with Crippen LogP contribution in [0, 0.1) is 11.6 Å². The summed E-state index contributed by atoms with van der Waals surface area (Å²) in [5.41, 5.74) is 1.07. The summed E-state index contributed by atoms with van der Waals surface area (Å²) in [4.78, 5) is 12.3. The molecule has 158 valence electrons. The van der Waals surface area contributed by atoms with E-state index in [4.69, 9.17) is 0 Å². The van der Waals surface area contributed by atoms with Gasteiger partial charge in [0, 0.05) is 12.1 Å². The summed E-state index contributed by atoms with van der Waals surface area (Å²) in [6.07, 6.45) is 0. The monoisotopic (exact) mass is 458 g/mol. The van der Waals surface area contributed by atoms with E-state index >= 15 is 0 Å². The van der Waals surface area contributed by atoms with Crippen molar-refractivity contribution in [2.45, 2.75) is 18.6 Å². The molecule has 31 heavy (non-hydrogen) atoms. The van der Waals surface area contributed by atoms with Gasteiger partial charge in [0.25, 0.3) is 0 Å². The predicted octanol–water partition coefficient (Wildman–Crippen LogP) is 4.49. The topological polar surface area (TPSA) is 85.6 Å². The van der Waals surface area contributed by atoms with Gasteiger partial charge in [-0.2, -0.15) is 0 Å². The van der Waals surface area contributed by atoms with Crippen LogP contribution in [-0.4, -0.2) is 36.6 Å². The molecule has 0 radical (unpaired) electrons. The van der Waals surface area contributed by atoms with Gasteiger partial charge >= 0.3 is 0 Å². The van der Waals surface area contributed by atoms with E-state index in [-0.39, 0.29) is 23.3 Å². The van der Waals surface area contributed by atoms with Crippen molar-refractivity contribution in [2.75, 3.05) is 11.1 Å². The number of carbonyl (C=O) groups is 1. The number of amides is 1. The lowest BCUT2D eigenvalue weighted by molar-refractivity contribution is -0.113. The Kier molecular flexibility index (Phi) is 6.33. The molecule has 11 heteroatoms. The van der Waals surface area contributed by atoms with Crippen LogP contribution in [0.25, 0.3) is 22.0 Å². The molecule has 1 N–H and O–H groups in total. The fraction of sp³-hybridized carbons (Fsp3) is 0.150. The molecule has 0 fully saturated rings. The smallest absolute Gasteiger partial charge is 0.236 e. The maximum atomic E-state index is 14.1. The van der Waals surface area contributed by atoms with E-state index in [9.17, 15) is 13.6 Å². The molecule has 0 aliphatic heterocycles. The number of hydrogen-bond acceptors (Lipinski definition) is 7. The van der Waals surface area contributed by atoms with Gasteiger partial charge in [0.05, 0.1) is 11.3 Å². The average Bonchev–Trinajstić information content (AvgIpc) is 3.40. The molecule has 0 aliphatic carbocycles. The number of rotatable bonds is 7. The molecule has 1 amide bonds. The molecule has 0 saturated carbocycles. The van der Waals surface area contributed by atoms with E-state index in [1.54, 1.807) is 34.9 Å². The molecule has 0 atom stereocenters. The van der Waals surface area contributed by atoms with Gasteiger partial charge in [-0.05, 0) is 43.3 Å². The SMILES string of the molecule is CCn1c(SCC(=O)Nc2nnc(-c3ccc(F)cc3)s2)nnc1-c1ccccc1F. The fourth-order valence-corrected chi connectivity index (χ4v) is 4.36. The van der Waals surface area contributed by atoms with Crippen LogP contribution in [0.4, 0.5) is 13.9 Å². The van der Waals surface area contributed by atoms with Gasteiger partial charge in [0.1, 0.15) is 16.6 Å². The Hall–Kier alpha value is -3.18. The quantitative estimate of drug-likeness (QED) is 0.411. The fourth-order valence-electron chi connectivity index (χ4n) is 2.79. The lowest BCUT2D eigenvalue weighted by atomic mass is 10.2. The van der Waals surface area contributed by atoms with Gasteiger partial charge in [-0.1, -0.05) is 35.2 Å². The first-order valence-corrected chi connectivity index (χ1v) is 11.1. The number of hydrogen-bond donors (Lipinski definition) is 1. The number of carbonyl (C=O) groups excluding carboxylic acids is 1. The van der Waals surface area contributed by atoms with Crippen LogP contribution in [0.3, 0.4) is 0 Å². The highest BCUT2D eigenvalue weighted by Crippen LogP contribution is 2.28. The van der Waals surface area contributed by atoms with E-state index in [1.165, 1.54) is 41.3 Å². The first kappa shape index (κ1) is 21.1. The van der Waals surface area contributed by atoms with Crippen molar-refractivity contribution >= 4 is 34.1 Å². The zero-order valence-corrected chi connectivity index (χ0v) is 17.9. The maximum Gasteiger partial charge on any atom is 0.236 e. The molecule has 0 unspecified atom stereocenters. The Morgan fingerprint density at radius 3 is 2.58 bits per heavy atom. The van der Waals surface area contributed by atoms with Crippen LogP contribution in [0.2, 0.25) is 0 Å². The van der Waals surface area contributed by atoms with Crippen LogP contribution in [0.5, 0.6) is 0 Å².